The van der Waals surface area contributed by atoms with Crippen molar-refractivity contribution >= 4 is 27.4 Å². The highest BCUT2D eigenvalue weighted by Gasteiger charge is 2.30. The van der Waals surface area contributed by atoms with Crippen LogP contribution in [0.5, 0.6) is 0 Å². The molecular weight excluding hydrogens is 334 g/mol. The fourth-order valence-electron chi connectivity index (χ4n) is 2.65. The van der Waals surface area contributed by atoms with Crippen LogP contribution in [0.4, 0.5) is 5.82 Å². The van der Waals surface area contributed by atoms with Gasteiger partial charge in [-0.3, -0.25) is 0 Å². The molecule has 130 valence electrons. The minimum absolute atomic E-state index is 0.372. The summed E-state index contributed by atoms with van der Waals surface area (Å²) in [6, 6.07) is 5.92. The van der Waals surface area contributed by atoms with E-state index in [2.05, 4.69) is 15.0 Å². The summed E-state index contributed by atoms with van der Waals surface area (Å²) in [4.78, 5) is 4.24. The van der Waals surface area contributed by atoms with Crippen molar-refractivity contribution in [2.75, 3.05) is 11.9 Å². The zero-order valence-electron chi connectivity index (χ0n) is 14.0. The summed E-state index contributed by atoms with van der Waals surface area (Å²) in [5.74, 6) is 1.20. The molecule has 1 heterocycles. The van der Waals surface area contributed by atoms with Crippen LogP contribution in [0, 0.1) is 5.92 Å². The Balaban J connectivity index is 1.78. The molecule has 1 aromatic rings. The standard InChI is InChI=1S/C16H26ClN3O2S/c1-16(2,3)23(21,22)18-11-12-7-9-13(10-8-12)19-15-6-4-5-14(17)20-15/h4-6,12-13,18H,7-11H2,1-3H3,(H,19,20)/t12-,13-. The second kappa shape index (κ2) is 7.36. The maximum Gasteiger partial charge on any atom is 0.216 e. The van der Waals surface area contributed by atoms with E-state index in [0.717, 1.165) is 31.5 Å². The monoisotopic (exact) mass is 359 g/mol. The van der Waals surface area contributed by atoms with Crippen LogP contribution in [0.1, 0.15) is 46.5 Å². The molecule has 0 radical (unpaired) electrons. The van der Waals surface area contributed by atoms with Gasteiger partial charge >= 0.3 is 0 Å². The van der Waals surface area contributed by atoms with Crippen molar-refractivity contribution in [3.63, 3.8) is 0 Å². The fraction of sp³-hybridized carbons (Fsp3) is 0.688. The average Bonchev–Trinajstić information content (AvgIpc) is 2.45. The van der Waals surface area contributed by atoms with Gasteiger partial charge in [0.15, 0.2) is 0 Å². The van der Waals surface area contributed by atoms with Crippen molar-refractivity contribution in [3.05, 3.63) is 23.4 Å². The molecule has 0 saturated heterocycles. The fourth-order valence-corrected chi connectivity index (χ4v) is 3.70. The van der Waals surface area contributed by atoms with Crippen molar-refractivity contribution in [2.45, 2.75) is 57.2 Å². The van der Waals surface area contributed by atoms with Crippen LogP contribution < -0.4 is 10.0 Å². The highest BCUT2D eigenvalue weighted by molar-refractivity contribution is 7.90. The average molecular weight is 360 g/mol. The van der Waals surface area contributed by atoms with Gasteiger partial charge in [0.1, 0.15) is 11.0 Å². The van der Waals surface area contributed by atoms with E-state index in [1.54, 1.807) is 26.8 Å². The van der Waals surface area contributed by atoms with Gasteiger partial charge in [-0.2, -0.15) is 0 Å². The Kier molecular flexibility index (Phi) is 5.92. The van der Waals surface area contributed by atoms with Gasteiger partial charge in [-0.1, -0.05) is 17.7 Å². The predicted octanol–water partition coefficient (Wildman–Crippen LogP) is 3.42. The van der Waals surface area contributed by atoms with Gasteiger partial charge in [0, 0.05) is 12.6 Å². The van der Waals surface area contributed by atoms with Crippen LogP contribution in [0.3, 0.4) is 0 Å². The third-order valence-corrected chi connectivity index (χ3v) is 6.65. The molecule has 23 heavy (non-hydrogen) atoms. The molecular formula is C16H26ClN3O2S. The van der Waals surface area contributed by atoms with Gasteiger partial charge in [-0.15, -0.1) is 0 Å². The van der Waals surface area contributed by atoms with Gasteiger partial charge < -0.3 is 5.32 Å². The molecule has 0 spiro atoms. The summed E-state index contributed by atoms with van der Waals surface area (Å²) >= 11 is 5.89. The van der Waals surface area contributed by atoms with E-state index in [0.29, 0.717) is 23.7 Å². The maximum absolute atomic E-state index is 12.1. The number of anilines is 1. The Labute approximate surface area is 144 Å². The molecule has 1 fully saturated rings. The summed E-state index contributed by atoms with van der Waals surface area (Å²) in [5.41, 5.74) is 0. The Morgan fingerprint density at radius 2 is 1.87 bits per heavy atom. The van der Waals surface area contributed by atoms with E-state index >= 15 is 0 Å². The van der Waals surface area contributed by atoms with Crippen molar-refractivity contribution in [1.29, 1.82) is 0 Å². The summed E-state index contributed by atoms with van der Waals surface area (Å²) < 4.78 is 26.2. The zero-order chi connectivity index (χ0) is 17.1. The Hall–Kier alpha value is -0.850. The number of rotatable bonds is 5. The molecule has 0 bridgehead atoms. The molecule has 0 atom stereocenters. The Morgan fingerprint density at radius 3 is 2.43 bits per heavy atom. The van der Waals surface area contributed by atoms with E-state index in [1.165, 1.54) is 0 Å². The number of hydrogen-bond acceptors (Lipinski definition) is 4. The van der Waals surface area contributed by atoms with Crippen molar-refractivity contribution in [1.82, 2.24) is 9.71 Å². The lowest BCUT2D eigenvalue weighted by molar-refractivity contribution is 0.336. The lowest BCUT2D eigenvalue weighted by atomic mass is 9.86. The number of pyridine rings is 1. The molecule has 2 N–H and O–H groups in total. The van der Waals surface area contributed by atoms with Crippen LogP contribution >= 0.6 is 11.6 Å². The third-order valence-electron chi connectivity index (χ3n) is 4.28. The number of nitrogens with one attached hydrogen (secondary N) is 2. The lowest BCUT2D eigenvalue weighted by Gasteiger charge is -2.30. The lowest BCUT2D eigenvalue weighted by Crippen LogP contribution is -2.42. The van der Waals surface area contributed by atoms with Gasteiger partial charge in [0.2, 0.25) is 10.0 Å². The van der Waals surface area contributed by atoms with Crippen LogP contribution in [0.25, 0.3) is 0 Å². The van der Waals surface area contributed by atoms with Crippen LogP contribution in [0.15, 0.2) is 18.2 Å². The van der Waals surface area contributed by atoms with Gasteiger partial charge in [0.25, 0.3) is 0 Å². The highest BCUT2D eigenvalue weighted by Crippen LogP contribution is 2.26. The summed E-state index contributed by atoms with van der Waals surface area (Å²) in [7, 11) is -3.25. The largest absolute Gasteiger partial charge is 0.367 e. The molecule has 7 heteroatoms. The summed E-state index contributed by atoms with van der Waals surface area (Å²) in [5, 5.41) is 3.89. The molecule has 5 nitrogen and oxygen atoms in total. The molecule has 2 rings (SSSR count). The Morgan fingerprint density at radius 1 is 1.22 bits per heavy atom. The highest BCUT2D eigenvalue weighted by atomic mass is 35.5. The molecule has 0 amide bonds. The first kappa shape index (κ1) is 18.5. The summed E-state index contributed by atoms with van der Waals surface area (Å²) in [6.07, 6.45) is 4.03. The molecule has 1 saturated carbocycles. The van der Waals surface area contributed by atoms with Crippen molar-refractivity contribution in [2.24, 2.45) is 5.92 Å². The first-order valence-corrected chi connectivity index (χ1v) is 9.92. The molecule has 1 aliphatic carbocycles. The minimum atomic E-state index is -3.25. The second-order valence-corrected chi connectivity index (χ2v) is 10.1. The van der Waals surface area contributed by atoms with Crippen LogP contribution in [-0.4, -0.2) is 30.7 Å². The van der Waals surface area contributed by atoms with Crippen LogP contribution in [0.2, 0.25) is 5.15 Å². The molecule has 0 aliphatic heterocycles. The normalized spacial score (nSPS) is 22.8. The van der Waals surface area contributed by atoms with Gasteiger partial charge in [0.05, 0.1) is 4.75 Å². The minimum Gasteiger partial charge on any atom is -0.367 e. The zero-order valence-corrected chi connectivity index (χ0v) is 15.5. The van der Waals surface area contributed by atoms with Crippen LogP contribution in [-0.2, 0) is 10.0 Å². The maximum atomic E-state index is 12.1. The van der Waals surface area contributed by atoms with E-state index < -0.39 is 14.8 Å². The third kappa shape index (κ3) is 5.33. The molecule has 1 aromatic heterocycles. The Bertz CT molecular complexity index is 620. The van der Waals surface area contributed by atoms with Crippen molar-refractivity contribution < 1.29 is 8.42 Å². The van der Waals surface area contributed by atoms with E-state index in [1.807, 2.05) is 12.1 Å². The number of aromatic nitrogens is 1. The number of sulfonamides is 1. The van der Waals surface area contributed by atoms with E-state index in [-0.39, 0.29) is 0 Å². The quantitative estimate of drug-likeness (QED) is 0.790. The van der Waals surface area contributed by atoms with E-state index in [4.69, 9.17) is 11.6 Å². The molecule has 0 aromatic carbocycles. The van der Waals surface area contributed by atoms with Crippen molar-refractivity contribution in [3.8, 4) is 0 Å². The first-order chi connectivity index (χ1) is 10.7. The summed E-state index contributed by atoms with van der Waals surface area (Å²) in [6.45, 7) is 5.68. The SMILES string of the molecule is CC(C)(C)S(=O)(=O)NC[C@H]1CC[C@H](Nc2cccc(Cl)n2)CC1. The number of hydrogen-bond donors (Lipinski definition) is 2. The van der Waals surface area contributed by atoms with Gasteiger partial charge in [-0.05, 0) is 64.5 Å². The first-order valence-electron chi connectivity index (χ1n) is 8.06. The van der Waals surface area contributed by atoms with E-state index in [9.17, 15) is 8.42 Å². The number of halogens is 1. The topological polar surface area (TPSA) is 71.1 Å². The second-order valence-electron chi connectivity index (χ2n) is 7.17. The predicted molar refractivity (Wildman–Crippen MR) is 95.3 cm³/mol. The van der Waals surface area contributed by atoms with Gasteiger partial charge in [-0.25, -0.2) is 18.1 Å². The molecule has 0 unspecified atom stereocenters. The smallest absolute Gasteiger partial charge is 0.216 e. The number of nitrogens with zero attached hydrogens (tertiary/aromatic N) is 1. The molecule has 1 aliphatic rings.